The zero-order valence-corrected chi connectivity index (χ0v) is 18.4. The predicted molar refractivity (Wildman–Crippen MR) is 111 cm³/mol. The lowest BCUT2D eigenvalue weighted by Crippen LogP contribution is -2.35. The Labute approximate surface area is 178 Å². The number of aromatic nitrogens is 4. The molecule has 9 nitrogen and oxygen atoms in total. The summed E-state index contributed by atoms with van der Waals surface area (Å²) in [6.45, 7) is 6.04. The molecule has 0 bridgehead atoms. The highest BCUT2D eigenvalue weighted by Gasteiger charge is 2.20. The van der Waals surface area contributed by atoms with Crippen LogP contribution in [-0.2, 0) is 34.3 Å². The molecule has 3 rings (SSSR count). The Morgan fingerprint density at radius 3 is 2.73 bits per heavy atom. The largest absolute Gasteiger partial charge is 0.455 e. The number of amides is 1. The molecule has 3 aromatic heterocycles. The van der Waals surface area contributed by atoms with Crippen LogP contribution in [0.3, 0.4) is 0 Å². The normalized spacial score (nSPS) is 10.9. The lowest BCUT2D eigenvalue weighted by molar-refractivity contribution is -0.151. The van der Waals surface area contributed by atoms with Crippen LogP contribution in [0.1, 0.15) is 36.2 Å². The number of ether oxygens (including phenoxy) is 1. The van der Waals surface area contributed by atoms with Gasteiger partial charge in [-0.1, -0.05) is 13.0 Å². The van der Waals surface area contributed by atoms with Crippen LogP contribution in [0.4, 0.5) is 0 Å². The Kier molecular flexibility index (Phi) is 6.99. The first kappa shape index (κ1) is 21.7. The van der Waals surface area contributed by atoms with Gasteiger partial charge in [-0.25, -0.2) is 0 Å². The standard InChI is InChI=1S/C20H25N5O4S/c1-5-8-25(11-17-21-22-20(29-17)16-7-6-9-30-16)18(26)12-28-19(27)10-15-13(2)23-24(4)14(15)3/h6-7,9H,5,8,10-12H2,1-4H3. The second kappa shape index (κ2) is 9.66. The highest BCUT2D eigenvalue weighted by Crippen LogP contribution is 2.23. The fraction of sp³-hybridized carbons (Fsp3) is 0.450. The minimum Gasteiger partial charge on any atom is -0.455 e. The van der Waals surface area contributed by atoms with Crippen molar-refractivity contribution in [2.75, 3.05) is 13.2 Å². The third-order valence-electron chi connectivity index (χ3n) is 4.71. The molecule has 0 saturated heterocycles. The Hall–Kier alpha value is -3.01. The first-order valence-electron chi connectivity index (χ1n) is 9.67. The molecule has 0 N–H and O–H groups in total. The molecule has 0 unspecified atom stereocenters. The molecule has 3 heterocycles. The highest BCUT2D eigenvalue weighted by atomic mass is 32.1. The maximum Gasteiger partial charge on any atom is 0.310 e. The topological polar surface area (TPSA) is 103 Å². The number of esters is 1. The summed E-state index contributed by atoms with van der Waals surface area (Å²) in [4.78, 5) is 27.3. The fourth-order valence-corrected chi connectivity index (χ4v) is 3.69. The number of thiophene rings is 1. The maximum atomic E-state index is 12.6. The maximum absolute atomic E-state index is 12.6. The average molecular weight is 432 g/mol. The first-order chi connectivity index (χ1) is 14.4. The van der Waals surface area contributed by atoms with Gasteiger partial charge in [0.2, 0.25) is 5.89 Å². The zero-order chi connectivity index (χ0) is 21.7. The minimum absolute atomic E-state index is 0.0837. The number of carbonyl (C=O) groups is 2. The Bertz CT molecular complexity index is 1010. The molecule has 0 atom stereocenters. The molecule has 0 saturated carbocycles. The number of hydrogen-bond donors (Lipinski definition) is 0. The summed E-state index contributed by atoms with van der Waals surface area (Å²) in [7, 11) is 1.82. The van der Waals surface area contributed by atoms with Gasteiger partial charge in [0.1, 0.15) is 0 Å². The van der Waals surface area contributed by atoms with Crippen molar-refractivity contribution in [3.63, 3.8) is 0 Å². The minimum atomic E-state index is -0.461. The molecule has 0 spiro atoms. The summed E-state index contributed by atoms with van der Waals surface area (Å²) in [5.41, 5.74) is 2.51. The summed E-state index contributed by atoms with van der Waals surface area (Å²) < 4.78 is 12.6. The van der Waals surface area contributed by atoms with Crippen molar-refractivity contribution >= 4 is 23.2 Å². The van der Waals surface area contributed by atoms with E-state index in [1.54, 1.807) is 9.58 Å². The lowest BCUT2D eigenvalue weighted by atomic mass is 10.1. The summed E-state index contributed by atoms with van der Waals surface area (Å²) in [5, 5.41) is 14.3. The number of carbonyl (C=O) groups excluding carboxylic acids is 2. The summed E-state index contributed by atoms with van der Waals surface area (Å²) >= 11 is 1.50. The van der Waals surface area contributed by atoms with Crippen LogP contribution in [0.15, 0.2) is 21.9 Å². The van der Waals surface area contributed by atoms with E-state index >= 15 is 0 Å². The van der Waals surface area contributed by atoms with E-state index in [2.05, 4.69) is 15.3 Å². The molecule has 3 aromatic rings. The Morgan fingerprint density at radius 2 is 2.10 bits per heavy atom. The Morgan fingerprint density at radius 1 is 1.30 bits per heavy atom. The molecule has 0 aliphatic rings. The second-order valence-corrected chi connectivity index (χ2v) is 7.85. The summed E-state index contributed by atoms with van der Waals surface area (Å²) in [5.74, 6) is 0.00291. The van der Waals surface area contributed by atoms with Crippen molar-refractivity contribution in [2.45, 2.75) is 40.2 Å². The van der Waals surface area contributed by atoms with Gasteiger partial charge < -0.3 is 14.1 Å². The second-order valence-electron chi connectivity index (χ2n) is 6.90. The zero-order valence-electron chi connectivity index (χ0n) is 17.5. The first-order valence-corrected chi connectivity index (χ1v) is 10.6. The van der Waals surface area contributed by atoms with Crippen molar-refractivity contribution in [1.29, 1.82) is 0 Å². The number of rotatable bonds is 9. The van der Waals surface area contributed by atoms with Gasteiger partial charge in [0, 0.05) is 24.8 Å². The van der Waals surface area contributed by atoms with Gasteiger partial charge >= 0.3 is 5.97 Å². The quantitative estimate of drug-likeness (QED) is 0.480. The number of aryl methyl sites for hydroxylation is 2. The van der Waals surface area contributed by atoms with E-state index < -0.39 is 5.97 Å². The van der Waals surface area contributed by atoms with Gasteiger partial charge in [0.25, 0.3) is 11.8 Å². The van der Waals surface area contributed by atoms with Gasteiger partial charge in [0.05, 0.1) is 23.5 Å². The van der Waals surface area contributed by atoms with Crippen LogP contribution in [0.25, 0.3) is 10.8 Å². The molecule has 0 fully saturated rings. The van der Waals surface area contributed by atoms with Crippen molar-refractivity contribution in [2.24, 2.45) is 7.05 Å². The van der Waals surface area contributed by atoms with Gasteiger partial charge in [-0.3, -0.25) is 14.3 Å². The lowest BCUT2D eigenvalue weighted by Gasteiger charge is -2.20. The van der Waals surface area contributed by atoms with Gasteiger partial charge in [0.15, 0.2) is 6.61 Å². The van der Waals surface area contributed by atoms with E-state index in [0.717, 1.165) is 28.2 Å². The SMILES string of the molecule is CCCN(Cc1nnc(-c2cccs2)o1)C(=O)COC(=O)Cc1c(C)nn(C)c1C. The molecule has 0 radical (unpaired) electrons. The van der Waals surface area contributed by atoms with Crippen LogP contribution < -0.4 is 0 Å². The molecular weight excluding hydrogens is 406 g/mol. The predicted octanol–water partition coefficient (Wildman–Crippen LogP) is 2.67. The van der Waals surface area contributed by atoms with Crippen LogP contribution >= 0.6 is 11.3 Å². The molecule has 0 aromatic carbocycles. The summed E-state index contributed by atoms with van der Waals surface area (Å²) in [6, 6.07) is 3.79. The third kappa shape index (κ3) is 5.12. The van der Waals surface area contributed by atoms with Gasteiger partial charge in [-0.2, -0.15) is 5.10 Å². The van der Waals surface area contributed by atoms with Crippen molar-refractivity contribution in [3.8, 4) is 10.8 Å². The molecule has 1 amide bonds. The number of hydrogen-bond acceptors (Lipinski definition) is 8. The van der Waals surface area contributed by atoms with Crippen molar-refractivity contribution in [3.05, 3.63) is 40.4 Å². The molecule has 10 heteroatoms. The molecule has 0 aliphatic carbocycles. The molecule has 160 valence electrons. The Balaban J connectivity index is 1.56. The number of nitrogens with zero attached hydrogens (tertiary/aromatic N) is 5. The smallest absolute Gasteiger partial charge is 0.310 e. The molecule has 30 heavy (non-hydrogen) atoms. The van der Waals surface area contributed by atoms with E-state index in [1.165, 1.54) is 11.3 Å². The van der Waals surface area contributed by atoms with E-state index in [9.17, 15) is 9.59 Å². The van der Waals surface area contributed by atoms with Gasteiger partial charge in [-0.05, 0) is 31.7 Å². The monoisotopic (exact) mass is 431 g/mol. The van der Waals surface area contributed by atoms with E-state index in [1.807, 2.05) is 45.3 Å². The van der Waals surface area contributed by atoms with E-state index in [0.29, 0.717) is 18.3 Å². The highest BCUT2D eigenvalue weighted by molar-refractivity contribution is 7.13. The van der Waals surface area contributed by atoms with Crippen molar-refractivity contribution in [1.82, 2.24) is 24.9 Å². The fourth-order valence-electron chi connectivity index (χ4n) is 3.04. The molecule has 0 aliphatic heterocycles. The van der Waals surface area contributed by atoms with Crippen molar-refractivity contribution < 1.29 is 18.7 Å². The summed E-state index contributed by atoms with van der Waals surface area (Å²) in [6.07, 6.45) is 0.833. The van der Waals surface area contributed by atoms with Gasteiger partial charge in [-0.15, -0.1) is 21.5 Å². The van der Waals surface area contributed by atoms with Crippen LogP contribution in [0.5, 0.6) is 0 Å². The van der Waals surface area contributed by atoms with E-state index in [4.69, 9.17) is 9.15 Å². The van der Waals surface area contributed by atoms with Crippen LogP contribution in [0, 0.1) is 13.8 Å². The third-order valence-corrected chi connectivity index (χ3v) is 5.57. The van der Waals surface area contributed by atoms with Crippen LogP contribution in [0.2, 0.25) is 0 Å². The van der Waals surface area contributed by atoms with Crippen LogP contribution in [-0.4, -0.2) is 49.9 Å². The average Bonchev–Trinajstić information content (AvgIpc) is 3.44. The molecular formula is C20H25N5O4S. The van der Waals surface area contributed by atoms with E-state index in [-0.39, 0.29) is 25.5 Å².